The van der Waals surface area contributed by atoms with Crippen molar-refractivity contribution in [3.8, 4) is 0 Å². The second-order valence-corrected chi connectivity index (χ2v) is 6.73. The van der Waals surface area contributed by atoms with Crippen molar-refractivity contribution in [2.75, 3.05) is 0 Å². The molecule has 2 aromatic heterocycles. The Morgan fingerprint density at radius 1 is 1.17 bits per heavy atom. The molecule has 0 amide bonds. The third kappa shape index (κ3) is 2.86. The van der Waals surface area contributed by atoms with Crippen LogP contribution in [-0.2, 0) is 12.2 Å². The predicted molar refractivity (Wildman–Crippen MR) is 88.8 cm³/mol. The molecule has 5 nitrogen and oxygen atoms in total. The van der Waals surface area contributed by atoms with Crippen LogP contribution in [0.5, 0.6) is 0 Å². The van der Waals surface area contributed by atoms with Crippen LogP contribution < -0.4 is 0 Å². The zero-order chi connectivity index (χ0) is 15.8. The first-order valence-electron chi connectivity index (χ1n) is 7.67. The molecule has 0 aliphatic heterocycles. The smallest absolute Gasteiger partial charge is 0.253 e. The van der Waals surface area contributed by atoms with Gasteiger partial charge in [0.2, 0.25) is 5.16 Å². The summed E-state index contributed by atoms with van der Waals surface area (Å²) in [5.74, 6) is 1.55. The average Bonchev–Trinajstić information content (AvgIpc) is 2.95. The molecule has 23 heavy (non-hydrogen) atoms. The molecule has 116 valence electrons. The Kier molecular flexibility index (Phi) is 3.61. The molecule has 0 saturated heterocycles. The van der Waals surface area contributed by atoms with Crippen molar-refractivity contribution in [1.29, 1.82) is 0 Å². The first-order chi connectivity index (χ1) is 11.2. The van der Waals surface area contributed by atoms with Gasteiger partial charge in [-0.25, -0.2) is 9.50 Å². The van der Waals surface area contributed by atoms with E-state index in [0.29, 0.717) is 22.9 Å². The van der Waals surface area contributed by atoms with Crippen molar-refractivity contribution < 1.29 is 4.79 Å². The predicted octanol–water partition coefficient (Wildman–Crippen LogP) is 3.24. The largest absolute Gasteiger partial charge is 0.294 e. The highest BCUT2D eigenvalue weighted by Gasteiger charge is 2.20. The Morgan fingerprint density at radius 2 is 2.00 bits per heavy atom. The van der Waals surface area contributed by atoms with Crippen molar-refractivity contribution >= 4 is 23.3 Å². The average molecular weight is 324 g/mol. The van der Waals surface area contributed by atoms with Gasteiger partial charge in [-0.15, -0.1) is 5.10 Å². The number of carbonyl (C=O) groups is 1. The normalized spacial score (nSPS) is 14.2. The SMILES string of the molecule is Cc1ccc(CSc2nc3nc4c(cn3n2)C(=O)CCC4)cc1. The molecule has 2 heterocycles. The van der Waals surface area contributed by atoms with Crippen LogP contribution in [0.4, 0.5) is 0 Å². The van der Waals surface area contributed by atoms with Crippen LogP contribution in [0.15, 0.2) is 35.6 Å². The summed E-state index contributed by atoms with van der Waals surface area (Å²) in [5, 5.41) is 5.13. The topological polar surface area (TPSA) is 60.1 Å². The molecule has 0 radical (unpaired) electrons. The molecule has 0 unspecified atom stereocenters. The van der Waals surface area contributed by atoms with Gasteiger partial charge in [0, 0.05) is 18.4 Å². The molecule has 0 spiro atoms. The van der Waals surface area contributed by atoms with Crippen molar-refractivity contribution in [1.82, 2.24) is 19.6 Å². The minimum atomic E-state index is 0.157. The number of thioether (sulfide) groups is 1. The molecule has 0 fully saturated rings. The number of ketones is 1. The van der Waals surface area contributed by atoms with Crippen LogP contribution in [0.3, 0.4) is 0 Å². The summed E-state index contributed by atoms with van der Waals surface area (Å²) in [5.41, 5.74) is 4.05. The summed E-state index contributed by atoms with van der Waals surface area (Å²) in [7, 11) is 0. The van der Waals surface area contributed by atoms with Gasteiger partial charge in [-0.05, 0) is 25.3 Å². The lowest BCUT2D eigenvalue weighted by Crippen LogP contribution is -2.14. The van der Waals surface area contributed by atoms with Crippen LogP contribution in [0.25, 0.3) is 5.78 Å². The van der Waals surface area contributed by atoms with Gasteiger partial charge in [0.1, 0.15) is 0 Å². The molecule has 3 aromatic rings. The summed E-state index contributed by atoms with van der Waals surface area (Å²) < 4.78 is 1.62. The number of aromatic nitrogens is 4. The minimum absolute atomic E-state index is 0.157. The second kappa shape index (κ2) is 5.77. The summed E-state index contributed by atoms with van der Waals surface area (Å²) in [6, 6.07) is 8.45. The van der Waals surface area contributed by atoms with Crippen molar-refractivity contribution in [3.05, 3.63) is 52.8 Å². The molecule has 1 aliphatic rings. The Labute approximate surface area is 138 Å². The fraction of sp³-hybridized carbons (Fsp3) is 0.294. The number of nitrogens with zero attached hydrogens (tertiary/aromatic N) is 4. The zero-order valence-corrected chi connectivity index (χ0v) is 13.6. The van der Waals surface area contributed by atoms with Crippen LogP contribution in [-0.4, -0.2) is 25.4 Å². The Hall–Kier alpha value is -2.21. The second-order valence-electron chi connectivity index (χ2n) is 5.79. The maximum Gasteiger partial charge on any atom is 0.253 e. The molecule has 0 atom stereocenters. The third-order valence-corrected chi connectivity index (χ3v) is 4.91. The van der Waals surface area contributed by atoms with Crippen molar-refractivity contribution in [2.24, 2.45) is 0 Å². The highest BCUT2D eigenvalue weighted by atomic mass is 32.2. The van der Waals surface area contributed by atoms with Gasteiger partial charge in [0.25, 0.3) is 5.78 Å². The van der Waals surface area contributed by atoms with E-state index in [1.807, 2.05) is 0 Å². The van der Waals surface area contributed by atoms with E-state index in [-0.39, 0.29) is 5.78 Å². The Balaban J connectivity index is 1.59. The maximum atomic E-state index is 12.0. The van der Waals surface area contributed by atoms with Crippen LogP contribution in [0.1, 0.15) is 40.0 Å². The Bertz CT molecular complexity index is 885. The van der Waals surface area contributed by atoms with E-state index in [4.69, 9.17) is 0 Å². The lowest BCUT2D eigenvalue weighted by atomic mass is 9.96. The number of Topliss-reactive ketones (excluding diaryl/α,β-unsaturated/α-hetero) is 1. The molecule has 0 bridgehead atoms. The highest BCUT2D eigenvalue weighted by Crippen LogP contribution is 2.23. The minimum Gasteiger partial charge on any atom is -0.294 e. The molecule has 6 heteroatoms. The van der Waals surface area contributed by atoms with Gasteiger partial charge in [0.15, 0.2) is 5.78 Å². The van der Waals surface area contributed by atoms with E-state index in [2.05, 4.69) is 46.3 Å². The van der Waals surface area contributed by atoms with E-state index in [9.17, 15) is 4.79 Å². The number of carbonyl (C=O) groups excluding carboxylic acids is 1. The van der Waals surface area contributed by atoms with Gasteiger partial charge in [-0.2, -0.15) is 4.98 Å². The van der Waals surface area contributed by atoms with Gasteiger partial charge < -0.3 is 0 Å². The van der Waals surface area contributed by atoms with Gasteiger partial charge in [0.05, 0.1) is 11.3 Å². The van der Waals surface area contributed by atoms with Crippen molar-refractivity contribution in [3.63, 3.8) is 0 Å². The van der Waals surface area contributed by atoms with E-state index in [1.54, 1.807) is 22.5 Å². The lowest BCUT2D eigenvalue weighted by Gasteiger charge is -2.12. The van der Waals surface area contributed by atoms with E-state index < -0.39 is 0 Å². The molecule has 0 saturated carbocycles. The van der Waals surface area contributed by atoms with Crippen molar-refractivity contribution in [2.45, 2.75) is 37.1 Å². The first-order valence-corrected chi connectivity index (χ1v) is 8.65. The van der Waals surface area contributed by atoms with E-state index >= 15 is 0 Å². The monoisotopic (exact) mass is 324 g/mol. The third-order valence-electron chi connectivity index (χ3n) is 4.00. The number of hydrogen-bond donors (Lipinski definition) is 0. The van der Waals surface area contributed by atoms with Gasteiger partial charge in [-0.1, -0.05) is 41.6 Å². The molecular formula is C17H16N4OS. The fourth-order valence-corrected chi connectivity index (χ4v) is 3.48. The highest BCUT2D eigenvalue weighted by molar-refractivity contribution is 7.98. The molecule has 1 aliphatic carbocycles. The fourth-order valence-electron chi connectivity index (χ4n) is 2.70. The van der Waals surface area contributed by atoms with Crippen LogP contribution in [0, 0.1) is 6.92 Å². The number of rotatable bonds is 3. The van der Waals surface area contributed by atoms with E-state index in [1.165, 1.54) is 11.1 Å². The Morgan fingerprint density at radius 3 is 2.83 bits per heavy atom. The quantitative estimate of drug-likeness (QED) is 0.692. The number of fused-ring (bicyclic) bond motifs is 2. The van der Waals surface area contributed by atoms with E-state index in [0.717, 1.165) is 24.3 Å². The summed E-state index contributed by atoms with van der Waals surface area (Å²) in [6.07, 6.45) is 4.10. The summed E-state index contributed by atoms with van der Waals surface area (Å²) in [6.45, 7) is 2.08. The molecule has 1 aromatic carbocycles. The molecule has 0 N–H and O–H groups in total. The summed E-state index contributed by atoms with van der Waals surface area (Å²) >= 11 is 1.58. The van der Waals surface area contributed by atoms with Crippen LogP contribution >= 0.6 is 11.8 Å². The number of benzene rings is 1. The lowest BCUT2D eigenvalue weighted by molar-refractivity contribution is 0.0971. The number of aryl methyl sites for hydroxylation is 2. The van der Waals surface area contributed by atoms with Gasteiger partial charge in [-0.3, -0.25) is 4.79 Å². The number of hydrogen-bond acceptors (Lipinski definition) is 5. The van der Waals surface area contributed by atoms with Crippen LogP contribution in [0.2, 0.25) is 0 Å². The van der Waals surface area contributed by atoms with Gasteiger partial charge >= 0.3 is 0 Å². The summed E-state index contributed by atoms with van der Waals surface area (Å²) in [4.78, 5) is 20.9. The zero-order valence-electron chi connectivity index (χ0n) is 12.8. The first kappa shape index (κ1) is 14.4. The molecule has 4 rings (SSSR count). The standard InChI is InChI=1S/C17H16N4OS/c1-11-5-7-12(8-6-11)10-23-17-19-16-18-14-3-2-4-15(22)13(14)9-21(16)20-17/h5-9H,2-4,10H2,1H3. The molecular weight excluding hydrogens is 308 g/mol. The maximum absolute atomic E-state index is 12.0.